The van der Waals surface area contributed by atoms with E-state index in [1.807, 2.05) is 18.0 Å². The summed E-state index contributed by atoms with van der Waals surface area (Å²) in [4.78, 5) is 89.7. The van der Waals surface area contributed by atoms with Crippen LogP contribution >= 0.6 is 0 Å². The molecule has 5 fully saturated rings. The van der Waals surface area contributed by atoms with E-state index < -0.39 is 47.7 Å². The van der Waals surface area contributed by atoms with Crippen molar-refractivity contribution < 1.29 is 42.3 Å². The van der Waals surface area contributed by atoms with Crippen LogP contribution in [-0.2, 0) is 19.1 Å². The highest BCUT2D eigenvalue weighted by molar-refractivity contribution is 6.25. The number of imide groups is 2. The topological polar surface area (TPSA) is 209 Å². The third-order valence-electron chi connectivity index (χ3n) is 14.6. The van der Waals surface area contributed by atoms with Gasteiger partial charge >= 0.3 is 0 Å². The summed E-state index contributed by atoms with van der Waals surface area (Å²) in [5.41, 5.74) is 0.865. The molecule has 1 saturated carbocycles. The molecule has 3 aromatic heterocycles. The molecule has 1 aliphatic carbocycles. The Hall–Kier alpha value is -6.35. The molecule has 2 bridgehead atoms. The first-order chi connectivity index (χ1) is 32.4. The number of hydrogen-bond donors (Lipinski definition) is 3. The number of hydrogen-bond acceptors (Lipinski definition) is 13. The molecule has 1 aromatic carbocycles. The molecular weight excluding hydrogens is 871 g/mol. The van der Waals surface area contributed by atoms with Gasteiger partial charge in [0.05, 0.1) is 47.8 Å². The third kappa shape index (κ3) is 8.74. The fraction of sp³-hybridized carbons (Fsp3) is 0.543. The lowest BCUT2D eigenvalue weighted by Gasteiger charge is -2.39. The maximum Gasteiger partial charge on any atom is 0.284 e. The molecule has 0 spiro atoms. The second kappa shape index (κ2) is 18.4. The van der Waals surface area contributed by atoms with Crippen LogP contribution in [0.2, 0.25) is 0 Å². The van der Waals surface area contributed by atoms with Crippen molar-refractivity contribution in [1.82, 2.24) is 44.4 Å². The van der Waals surface area contributed by atoms with Crippen molar-refractivity contribution in [3.8, 4) is 0 Å². The van der Waals surface area contributed by atoms with Gasteiger partial charge in [-0.15, -0.1) is 0 Å². The first kappa shape index (κ1) is 44.5. The molecule has 19 nitrogen and oxygen atoms in total. The third-order valence-corrected chi connectivity index (χ3v) is 14.6. The number of piperidine rings is 2. The van der Waals surface area contributed by atoms with Gasteiger partial charge in [-0.1, -0.05) is 6.07 Å². The number of anilines is 3. The number of aromatic nitrogens is 5. The summed E-state index contributed by atoms with van der Waals surface area (Å²) in [5.74, 6) is -1.64. The smallest absolute Gasteiger partial charge is 0.284 e. The van der Waals surface area contributed by atoms with Crippen LogP contribution in [0, 0.1) is 5.92 Å². The van der Waals surface area contributed by atoms with Gasteiger partial charge in [0.1, 0.15) is 17.4 Å². The van der Waals surface area contributed by atoms with E-state index >= 15 is 0 Å². The van der Waals surface area contributed by atoms with Crippen LogP contribution in [0.4, 0.5) is 26.0 Å². The highest BCUT2D eigenvalue weighted by Crippen LogP contribution is 2.37. The Labute approximate surface area is 384 Å². The van der Waals surface area contributed by atoms with Crippen molar-refractivity contribution in [3.63, 3.8) is 0 Å². The van der Waals surface area contributed by atoms with Crippen LogP contribution in [0.25, 0.3) is 5.65 Å². The average molecular weight is 925 g/mol. The fourth-order valence-electron chi connectivity index (χ4n) is 10.9. The quantitative estimate of drug-likeness (QED) is 0.121. The molecule has 5 aliphatic heterocycles. The summed E-state index contributed by atoms with van der Waals surface area (Å²) >= 11 is 0. The van der Waals surface area contributed by atoms with Gasteiger partial charge in [-0.3, -0.25) is 43.7 Å². The van der Waals surface area contributed by atoms with Crippen LogP contribution < -0.4 is 20.9 Å². The van der Waals surface area contributed by atoms with Crippen LogP contribution in [-0.4, -0.2) is 145 Å². The zero-order valence-corrected chi connectivity index (χ0v) is 37.2. The molecule has 3 N–H and O–H groups in total. The highest BCUT2D eigenvalue weighted by Gasteiger charge is 2.46. The molecule has 10 rings (SSSR count). The molecule has 3 atom stereocenters. The van der Waals surface area contributed by atoms with Gasteiger partial charge in [0.25, 0.3) is 24.1 Å². The number of nitrogens with zero attached hydrogens (tertiary/aromatic N) is 9. The number of carbonyl (C=O) groups is 6. The van der Waals surface area contributed by atoms with Gasteiger partial charge < -0.3 is 30.1 Å². The van der Waals surface area contributed by atoms with E-state index in [-0.39, 0.29) is 65.4 Å². The van der Waals surface area contributed by atoms with Crippen molar-refractivity contribution in [1.29, 1.82) is 0 Å². The Morgan fingerprint density at radius 1 is 0.985 bits per heavy atom. The van der Waals surface area contributed by atoms with E-state index in [9.17, 15) is 37.5 Å². The number of benzene rings is 1. The van der Waals surface area contributed by atoms with Crippen LogP contribution in [0.15, 0.2) is 42.9 Å². The molecule has 6 amide bonds. The predicted molar refractivity (Wildman–Crippen MR) is 238 cm³/mol. The summed E-state index contributed by atoms with van der Waals surface area (Å²) in [7, 11) is 1.85. The Morgan fingerprint density at radius 2 is 1.79 bits per heavy atom. The van der Waals surface area contributed by atoms with Crippen molar-refractivity contribution in [3.05, 3.63) is 65.2 Å². The van der Waals surface area contributed by atoms with Crippen LogP contribution in [0.3, 0.4) is 0 Å². The first-order valence-corrected chi connectivity index (χ1v) is 23.4. The first-order valence-electron chi connectivity index (χ1n) is 23.4. The van der Waals surface area contributed by atoms with Crippen molar-refractivity contribution in [2.75, 3.05) is 61.9 Å². The largest absolute Gasteiger partial charge is 0.384 e. The SMILES string of the molecule is CN(C(=O)CCCNc1cccc2c1C(=O)N(C1CCC(=O)NC1=O)C2=O)C1CCN(CC2CCC(n3cc(NC(=O)c4cnn5ccc(N6C[C@H]7C[C@@H]6CO7)nc45)c(C(F)F)n3)CC2)CC1. The van der Waals surface area contributed by atoms with E-state index in [0.29, 0.717) is 43.2 Å². The lowest BCUT2D eigenvalue weighted by atomic mass is 9.85. The van der Waals surface area contributed by atoms with E-state index in [1.54, 1.807) is 29.1 Å². The fourth-order valence-corrected chi connectivity index (χ4v) is 10.9. The minimum Gasteiger partial charge on any atom is -0.384 e. The van der Waals surface area contributed by atoms with E-state index in [1.165, 1.54) is 16.9 Å². The number of rotatable bonds is 14. The second-order valence-electron chi connectivity index (χ2n) is 18.7. The Balaban J connectivity index is 0.663. The predicted octanol–water partition coefficient (Wildman–Crippen LogP) is 4.04. The number of ether oxygens (including phenoxy) is 1. The number of fused-ring (bicyclic) bond motifs is 4. The maximum absolute atomic E-state index is 14.3. The molecule has 8 heterocycles. The molecular formula is C46H54F2N12O7. The minimum absolute atomic E-state index is 0.0253. The lowest BCUT2D eigenvalue weighted by Crippen LogP contribution is -2.54. The molecule has 6 aliphatic rings. The van der Waals surface area contributed by atoms with E-state index in [2.05, 4.69) is 35.9 Å². The minimum atomic E-state index is -2.88. The number of likely N-dealkylation sites (tertiary alicyclic amines) is 1. The van der Waals surface area contributed by atoms with Gasteiger partial charge in [-0.2, -0.15) is 10.2 Å². The number of nitrogens with one attached hydrogen (secondary N) is 3. The summed E-state index contributed by atoms with van der Waals surface area (Å²) in [6, 6.07) is 5.99. The molecule has 4 aromatic rings. The van der Waals surface area contributed by atoms with Crippen molar-refractivity contribution in [2.45, 2.75) is 107 Å². The Bertz CT molecular complexity index is 2600. The van der Waals surface area contributed by atoms with Crippen LogP contribution in [0.1, 0.15) is 120 Å². The summed E-state index contributed by atoms with van der Waals surface area (Å²) in [6.07, 6.45) is 8.90. The van der Waals surface area contributed by atoms with Gasteiger partial charge in [-0.05, 0) is 81.9 Å². The monoisotopic (exact) mass is 924 g/mol. The van der Waals surface area contributed by atoms with Crippen LogP contribution in [0.5, 0.6) is 0 Å². The number of carbonyl (C=O) groups excluding carboxylic acids is 6. The van der Waals surface area contributed by atoms with Crippen molar-refractivity contribution in [2.24, 2.45) is 5.92 Å². The standard InChI is InChI=1S/C46H54F2N12O7/c1-55(38(62)6-3-16-49-33-5-2-4-31-39(33)46(66)60(45(31)65)35-11-12-37(61)53-44(35)64)27-13-17-56(18-14-27)22-26-7-9-28(10-8-26)59-24-34(40(54-59)41(47)48)51-43(63)32-21-50-58-19-15-36(52-42(32)58)57-23-30-20-29(57)25-67-30/h2,4-5,15,19,21,24,26-30,35,41,49H,3,6-14,16-18,20,22-23,25H2,1H3,(H,51,63)(H,53,61,64)/t26?,28?,29-,30-,35?/m1/s1. The van der Waals surface area contributed by atoms with Gasteiger partial charge in [0.15, 0.2) is 11.3 Å². The highest BCUT2D eigenvalue weighted by atomic mass is 19.3. The van der Waals surface area contributed by atoms with E-state index in [4.69, 9.17) is 9.72 Å². The van der Waals surface area contributed by atoms with Gasteiger partial charge in [-0.25, -0.2) is 18.3 Å². The number of amides is 6. The molecule has 0 radical (unpaired) electrons. The summed E-state index contributed by atoms with van der Waals surface area (Å²) in [6.45, 7) is 4.40. The van der Waals surface area contributed by atoms with E-state index in [0.717, 1.165) is 81.8 Å². The normalized spacial score (nSPS) is 24.5. The second-order valence-corrected chi connectivity index (χ2v) is 18.7. The Morgan fingerprint density at radius 3 is 2.52 bits per heavy atom. The molecule has 1 unspecified atom stereocenters. The summed E-state index contributed by atoms with van der Waals surface area (Å²) in [5, 5.41) is 16.7. The molecule has 21 heteroatoms. The van der Waals surface area contributed by atoms with Crippen molar-refractivity contribution >= 4 is 58.3 Å². The average Bonchev–Trinajstić information content (AvgIpc) is 4.18. The zero-order chi connectivity index (χ0) is 46.5. The zero-order valence-electron chi connectivity index (χ0n) is 37.2. The number of alkyl halides is 2. The number of halogens is 2. The lowest BCUT2D eigenvalue weighted by molar-refractivity contribution is -0.136. The van der Waals surface area contributed by atoms with Gasteiger partial charge in [0.2, 0.25) is 17.7 Å². The number of morpholine rings is 1. The molecule has 354 valence electrons. The molecule has 4 saturated heterocycles. The Kier molecular flexibility index (Phi) is 12.2. The maximum atomic E-state index is 14.3. The van der Waals surface area contributed by atoms with Gasteiger partial charge in [0, 0.05) is 76.7 Å². The molecule has 67 heavy (non-hydrogen) atoms. The summed E-state index contributed by atoms with van der Waals surface area (Å²) < 4.78 is 37.5.